The lowest BCUT2D eigenvalue weighted by atomic mass is 10.1. The van der Waals surface area contributed by atoms with E-state index in [1.807, 2.05) is 6.07 Å². The minimum Gasteiger partial charge on any atom is -0.447 e. The third-order valence-electron chi connectivity index (χ3n) is 3.16. The fourth-order valence-electron chi connectivity index (χ4n) is 2.26. The van der Waals surface area contributed by atoms with Crippen LogP contribution in [0.15, 0.2) is 41.0 Å². The smallest absolute Gasteiger partial charge is 0.211 e. The molecule has 1 aromatic heterocycles. The van der Waals surface area contributed by atoms with Crippen molar-refractivity contribution in [1.29, 1.82) is 0 Å². The fourth-order valence-corrected chi connectivity index (χ4v) is 2.26. The first-order chi connectivity index (χ1) is 8.42. The second-order valence-corrected chi connectivity index (χ2v) is 4.49. The van der Waals surface area contributed by atoms with Gasteiger partial charge < -0.3 is 9.73 Å². The van der Waals surface area contributed by atoms with Crippen molar-refractivity contribution >= 4 is 0 Å². The number of oxazole rings is 1. The molecular formula is C14H16N2O. The van der Waals surface area contributed by atoms with E-state index in [1.54, 1.807) is 6.26 Å². The molecule has 1 unspecified atom stereocenters. The maximum absolute atomic E-state index is 5.55. The Hall–Kier alpha value is -1.61. The standard InChI is InChI=1S/C14H16N2O/c1-2-5-11(6-3-1)9-12-10-17-14(16-12)13-7-4-8-15-13/h1-3,5-6,10,13,15H,4,7-9H2. The number of nitrogens with one attached hydrogen (secondary N) is 1. The highest BCUT2D eigenvalue weighted by atomic mass is 16.3. The Kier molecular flexibility index (Phi) is 2.92. The summed E-state index contributed by atoms with van der Waals surface area (Å²) in [6, 6.07) is 10.7. The van der Waals surface area contributed by atoms with Crippen LogP contribution < -0.4 is 5.32 Å². The van der Waals surface area contributed by atoms with Crippen molar-refractivity contribution in [3.8, 4) is 0 Å². The van der Waals surface area contributed by atoms with Crippen LogP contribution in [0, 0.1) is 0 Å². The van der Waals surface area contributed by atoms with Gasteiger partial charge in [-0.15, -0.1) is 0 Å². The first-order valence-electron chi connectivity index (χ1n) is 6.13. The molecule has 0 radical (unpaired) electrons. The number of benzene rings is 1. The van der Waals surface area contributed by atoms with Crippen LogP contribution in [0.4, 0.5) is 0 Å². The molecule has 2 heterocycles. The quantitative estimate of drug-likeness (QED) is 0.877. The van der Waals surface area contributed by atoms with E-state index in [-0.39, 0.29) is 0 Å². The molecule has 1 N–H and O–H groups in total. The molecule has 0 amide bonds. The monoisotopic (exact) mass is 228 g/mol. The zero-order valence-electron chi connectivity index (χ0n) is 9.73. The van der Waals surface area contributed by atoms with Gasteiger partial charge in [0.15, 0.2) is 0 Å². The van der Waals surface area contributed by atoms with Gasteiger partial charge in [0.25, 0.3) is 0 Å². The van der Waals surface area contributed by atoms with Gasteiger partial charge >= 0.3 is 0 Å². The van der Waals surface area contributed by atoms with Crippen LogP contribution in [0.5, 0.6) is 0 Å². The summed E-state index contributed by atoms with van der Waals surface area (Å²) in [4.78, 5) is 4.56. The van der Waals surface area contributed by atoms with Crippen LogP contribution in [0.1, 0.15) is 36.0 Å². The van der Waals surface area contributed by atoms with Gasteiger partial charge in [0, 0.05) is 6.42 Å². The number of hydrogen-bond donors (Lipinski definition) is 1. The Balaban J connectivity index is 1.72. The van der Waals surface area contributed by atoms with E-state index < -0.39 is 0 Å². The summed E-state index contributed by atoms with van der Waals surface area (Å²) < 4.78 is 5.55. The van der Waals surface area contributed by atoms with Crippen molar-refractivity contribution in [1.82, 2.24) is 10.3 Å². The van der Waals surface area contributed by atoms with E-state index >= 15 is 0 Å². The predicted octanol–water partition coefficient (Wildman–Crippen LogP) is 2.69. The fraction of sp³-hybridized carbons (Fsp3) is 0.357. The van der Waals surface area contributed by atoms with Gasteiger partial charge in [0.2, 0.25) is 5.89 Å². The summed E-state index contributed by atoms with van der Waals surface area (Å²) in [5, 5.41) is 3.39. The molecule has 1 saturated heterocycles. The predicted molar refractivity (Wildman–Crippen MR) is 65.7 cm³/mol. The molecule has 2 aromatic rings. The Morgan fingerprint density at radius 2 is 2.18 bits per heavy atom. The molecule has 1 aliphatic rings. The van der Waals surface area contributed by atoms with Crippen LogP contribution in [0.3, 0.4) is 0 Å². The van der Waals surface area contributed by atoms with Crippen molar-refractivity contribution in [3.05, 3.63) is 53.7 Å². The maximum Gasteiger partial charge on any atom is 0.211 e. The van der Waals surface area contributed by atoms with Crippen LogP contribution in [-0.4, -0.2) is 11.5 Å². The molecule has 1 aromatic carbocycles. The lowest BCUT2D eigenvalue weighted by Crippen LogP contribution is -2.13. The largest absolute Gasteiger partial charge is 0.447 e. The van der Waals surface area contributed by atoms with E-state index in [9.17, 15) is 0 Å². The lowest BCUT2D eigenvalue weighted by Gasteiger charge is -2.02. The average Bonchev–Trinajstić information content (AvgIpc) is 3.00. The Labute approximate surface area is 101 Å². The van der Waals surface area contributed by atoms with Crippen LogP contribution >= 0.6 is 0 Å². The Morgan fingerprint density at radius 3 is 2.94 bits per heavy atom. The van der Waals surface area contributed by atoms with Crippen LogP contribution in [0.2, 0.25) is 0 Å². The molecule has 0 aliphatic carbocycles. The van der Waals surface area contributed by atoms with Gasteiger partial charge in [-0.3, -0.25) is 0 Å². The molecule has 1 aliphatic heterocycles. The summed E-state index contributed by atoms with van der Waals surface area (Å²) >= 11 is 0. The normalized spacial score (nSPS) is 19.6. The molecule has 3 rings (SSSR count). The topological polar surface area (TPSA) is 38.1 Å². The minimum absolute atomic E-state index is 0.319. The zero-order chi connectivity index (χ0) is 11.5. The molecule has 0 saturated carbocycles. The van der Waals surface area contributed by atoms with E-state index in [2.05, 4.69) is 34.6 Å². The Bertz CT molecular complexity index is 472. The summed E-state index contributed by atoms with van der Waals surface area (Å²) in [6.07, 6.45) is 4.96. The highest BCUT2D eigenvalue weighted by Gasteiger charge is 2.20. The third kappa shape index (κ3) is 2.39. The second kappa shape index (κ2) is 4.72. The van der Waals surface area contributed by atoms with Crippen molar-refractivity contribution in [2.45, 2.75) is 25.3 Å². The molecule has 3 heteroatoms. The van der Waals surface area contributed by atoms with Gasteiger partial charge in [0.05, 0.1) is 11.7 Å². The molecule has 0 spiro atoms. The number of rotatable bonds is 3. The number of hydrogen-bond acceptors (Lipinski definition) is 3. The molecular weight excluding hydrogens is 212 g/mol. The van der Waals surface area contributed by atoms with Crippen LogP contribution in [0.25, 0.3) is 0 Å². The molecule has 88 valence electrons. The first-order valence-corrected chi connectivity index (χ1v) is 6.13. The van der Waals surface area contributed by atoms with Crippen LogP contribution in [-0.2, 0) is 6.42 Å². The maximum atomic E-state index is 5.55. The van der Waals surface area contributed by atoms with E-state index in [0.717, 1.165) is 31.0 Å². The van der Waals surface area contributed by atoms with Crippen molar-refractivity contribution in [3.63, 3.8) is 0 Å². The molecule has 0 bridgehead atoms. The van der Waals surface area contributed by atoms with E-state index in [1.165, 1.54) is 12.0 Å². The van der Waals surface area contributed by atoms with Gasteiger partial charge in [-0.1, -0.05) is 30.3 Å². The first kappa shape index (κ1) is 10.5. The summed E-state index contributed by atoms with van der Waals surface area (Å²) in [5.41, 5.74) is 2.28. The number of aromatic nitrogens is 1. The molecule has 3 nitrogen and oxygen atoms in total. The lowest BCUT2D eigenvalue weighted by molar-refractivity contribution is 0.429. The van der Waals surface area contributed by atoms with Gasteiger partial charge in [0.1, 0.15) is 6.26 Å². The second-order valence-electron chi connectivity index (χ2n) is 4.49. The minimum atomic E-state index is 0.319. The van der Waals surface area contributed by atoms with Gasteiger partial charge in [-0.25, -0.2) is 4.98 Å². The van der Waals surface area contributed by atoms with Crippen molar-refractivity contribution in [2.75, 3.05) is 6.54 Å². The number of nitrogens with zero attached hydrogens (tertiary/aromatic N) is 1. The van der Waals surface area contributed by atoms with Gasteiger partial charge in [-0.05, 0) is 24.9 Å². The SMILES string of the molecule is c1ccc(Cc2coc(C3CCCN3)n2)cc1. The highest BCUT2D eigenvalue weighted by molar-refractivity contribution is 5.20. The summed E-state index contributed by atoms with van der Waals surface area (Å²) in [6.45, 7) is 1.07. The molecule has 1 atom stereocenters. The van der Waals surface area contributed by atoms with E-state index in [4.69, 9.17) is 4.42 Å². The average molecular weight is 228 g/mol. The van der Waals surface area contributed by atoms with Gasteiger partial charge in [-0.2, -0.15) is 0 Å². The highest BCUT2D eigenvalue weighted by Crippen LogP contribution is 2.22. The Morgan fingerprint density at radius 1 is 1.29 bits per heavy atom. The molecule has 1 fully saturated rings. The van der Waals surface area contributed by atoms with E-state index in [0.29, 0.717) is 6.04 Å². The van der Waals surface area contributed by atoms with Crippen molar-refractivity contribution < 1.29 is 4.42 Å². The summed E-state index contributed by atoms with van der Waals surface area (Å²) in [5.74, 6) is 0.841. The third-order valence-corrected chi connectivity index (χ3v) is 3.16. The summed E-state index contributed by atoms with van der Waals surface area (Å²) in [7, 11) is 0. The van der Waals surface area contributed by atoms with Crippen molar-refractivity contribution in [2.24, 2.45) is 0 Å². The molecule has 17 heavy (non-hydrogen) atoms. The zero-order valence-corrected chi connectivity index (χ0v) is 9.73.